The Morgan fingerprint density at radius 1 is 1.03 bits per heavy atom. The van der Waals surface area contributed by atoms with Gasteiger partial charge in [-0.3, -0.25) is 9.80 Å². The summed E-state index contributed by atoms with van der Waals surface area (Å²) in [6.45, 7) is 13.0. The number of para-hydroxylation sites is 1. The van der Waals surface area contributed by atoms with Crippen LogP contribution in [0, 0.1) is 5.92 Å². The van der Waals surface area contributed by atoms with Gasteiger partial charge in [0.05, 0.1) is 12.6 Å². The number of fused-ring (bicyclic) bond motifs is 1. The highest BCUT2D eigenvalue weighted by Gasteiger charge is 2.39. The van der Waals surface area contributed by atoms with E-state index in [-0.39, 0.29) is 18.3 Å². The molecule has 3 aromatic rings. The molecule has 39 heavy (non-hydrogen) atoms. The van der Waals surface area contributed by atoms with Gasteiger partial charge in [0.1, 0.15) is 23.0 Å². The van der Waals surface area contributed by atoms with Gasteiger partial charge >= 0.3 is 6.09 Å². The minimum atomic E-state index is -0.501. The molecule has 0 aliphatic carbocycles. The zero-order valence-corrected chi connectivity index (χ0v) is 23.9. The summed E-state index contributed by atoms with van der Waals surface area (Å²) >= 11 is 0. The lowest BCUT2D eigenvalue weighted by atomic mass is 9.91. The van der Waals surface area contributed by atoms with Crippen LogP contribution in [0.2, 0.25) is 0 Å². The number of rotatable bonds is 6. The van der Waals surface area contributed by atoms with Crippen LogP contribution in [0.4, 0.5) is 4.79 Å². The zero-order valence-electron chi connectivity index (χ0n) is 23.9. The standard InChI is InChI=1S/C30H42N6O3/c1-22-20-34(29(37)39-30(2,3)4)18-19-35(22)28(36-27-9-7-6-8-26(27)31-32-36)24-14-16-33(17-15-24)21-23-10-12-25(38-5)13-11-23/h6-13,22,24,28H,14-21H2,1-5H3/t22-,28?/m0/s1. The summed E-state index contributed by atoms with van der Waals surface area (Å²) in [7, 11) is 1.70. The van der Waals surface area contributed by atoms with Gasteiger partial charge in [-0.25, -0.2) is 9.48 Å². The van der Waals surface area contributed by atoms with Crippen molar-refractivity contribution in [1.82, 2.24) is 29.7 Å². The highest BCUT2D eigenvalue weighted by atomic mass is 16.6. The van der Waals surface area contributed by atoms with E-state index >= 15 is 0 Å². The first kappa shape index (κ1) is 27.4. The van der Waals surface area contributed by atoms with E-state index in [0.717, 1.165) is 55.8 Å². The highest BCUT2D eigenvalue weighted by Crippen LogP contribution is 2.36. The molecule has 2 aromatic carbocycles. The van der Waals surface area contributed by atoms with Crippen LogP contribution in [0.25, 0.3) is 11.0 Å². The van der Waals surface area contributed by atoms with Crippen LogP contribution in [-0.2, 0) is 11.3 Å². The number of piperazine rings is 1. The molecule has 0 radical (unpaired) electrons. The lowest BCUT2D eigenvalue weighted by molar-refractivity contribution is -0.0366. The van der Waals surface area contributed by atoms with Crippen LogP contribution in [0.15, 0.2) is 48.5 Å². The number of piperidine rings is 1. The van der Waals surface area contributed by atoms with E-state index < -0.39 is 5.60 Å². The van der Waals surface area contributed by atoms with Gasteiger partial charge in [-0.1, -0.05) is 29.5 Å². The number of nitrogens with zero attached hydrogens (tertiary/aromatic N) is 6. The van der Waals surface area contributed by atoms with Gasteiger partial charge in [0.2, 0.25) is 0 Å². The summed E-state index contributed by atoms with van der Waals surface area (Å²) < 4.78 is 13.1. The molecule has 9 nitrogen and oxygen atoms in total. The van der Waals surface area contributed by atoms with E-state index in [1.165, 1.54) is 5.56 Å². The van der Waals surface area contributed by atoms with Gasteiger partial charge in [0.15, 0.2) is 0 Å². The number of benzene rings is 2. The Bertz CT molecular complexity index is 1250. The minimum Gasteiger partial charge on any atom is -0.497 e. The molecule has 1 aromatic heterocycles. The van der Waals surface area contributed by atoms with E-state index in [1.807, 2.05) is 49.9 Å². The number of likely N-dealkylation sites (tertiary alicyclic amines) is 1. The summed E-state index contributed by atoms with van der Waals surface area (Å²) in [5, 5.41) is 9.18. The van der Waals surface area contributed by atoms with Crippen LogP contribution in [0.3, 0.4) is 0 Å². The molecule has 9 heteroatoms. The van der Waals surface area contributed by atoms with E-state index in [2.05, 4.69) is 56.0 Å². The lowest BCUT2D eigenvalue weighted by Crippen LogP contribution is -2.57. The number of hydrogen-bond donors (Lipinski definition) is 0. The molecule has 0 saturated carbocycles. The second-order valence-electron chi connectivity index (χ2n) is 11.9. The Labute approximate surface area is 231 Å². The van der Waals surface area contributed by atoms with Gasteiger partial charge in [0.25, 0.3) is 0 Å². The highest BCUT2D eigenvalue weighted by molar-refractivity contribution is 5.74. The maximum atomic E-state index is 12.8. The molecule has 2 saturated heterocycles. The summed E-state index contributed by atoms with van der Waals surface area (Å²) in [6, 6.07) is 16.7. The van der Waals surface area contributed by atoms with Gasteiger partial charge in [0, 0.05) is 32.2 Å². The van der Waals surface area contributed by atoms with Crippen molar-refractivity contribution >= 4 is 17.1 Å². The first-order valence-electron chi connectivity index (χ1n) is 14.1. The van der Waals surface area contributed by atoms with Crippen LogP contribution in [0.1, 0.15) is 52.3 Å². The fraction of sp³-hybridized carbons (Fsp3) is 0.567. The molecule has 1 amide bonds. The second-order valence-corrected chi connectivity index (χ2v) is 11.9. The van der Waals surface area contributed by atoms with Gasteiger partial charge in [-0.05, 0) is 89.4 Å². The molecule has 0 spiro atoms. The molecule has 0 N–H and O–H groups in total. The molecule has 3 heterocycles. The third-order valence-corrected chi connectivity index (χ3v) is 7.92. The van der Waals surface area contributed by atoms with E-state index in [9.17, 15) is 4.79 Å². The van der Waals surface area contributed by atoms with Crippen molar-refractivity contribution in [3.63, 3.8) is 0 Å². The minimum absolute atomic E-state index is 0.0799. The zero-order chi connectivity index (χ0) is 27.6. The smallest absolute Gasteiger partial charge is 0.410 e. The van der Waals surface area contributed by atoms with Gasteiger partial charge < -0.3 is 14.4 Å². The first-order chi connectivity index (χ1) is 18.7. The summed E-state index contributed by atoms with van der Waals surface area (Å²) in [4.78, 5) is 19.7. The molecule has 210 valence electrons. The van der Waals surface area contributed by atoms with E-state index in [4.69, 9.17) is 9.47 Å². The number of carbonyl (C=O) groups is 1. The molecule has 2 fully saturated rings. The Kier molecular flexibility index (Phi) is 8.09. The molecule has 2 aliphatic rings. The van der Waals surface area contributed by atoms with Crippen molar-refractivity contribution < 1.29 is 14.3 Å². The predicted molar refractivity (Wildman–Crippen MR) is 152 cm³/mol. The van der Waals surface area contributed by atoms with Crippen LogP contribution >= 0.6 is 0 Å². The average molecular weight is 535 g/mol. The molecule has 5 rings (SSSR count). The van der Waals surface area contributed by atoms with Crippen molar-refractivity contribution in [3.8, 4) is 5.75 Å². The average Bonchev–Trinajstić information content (AvgIpc) is 3.34. The lowest BCUT2D eigenvalue weighted by Gasteiger charge is -2.47. The normalized spacial score (nSPS) is 20.7. The van der Waals surface area contributed by atoms with Crippen LogP contribution in [-0.4, -0.2) is 87.3 Å². The second kappa shape index (κ2) is 11.5. The summed E-state index contributed by atoms with van der Waals surface area (Å²) in [5.74, 6) is 1.32. The van der Waals surface area contributed by atoms with E-state index in [0.29, 0.717) is 19.0 Å². The number of aromatic nitrogens is 3. The molecule has 0 bridgehead atoms. The Balaban J connectivity index is 1.32. The van der Waals surface area contributed by atoms with Crippen molar-refractivity contribution in [2.75, 3.05) is 39.8 Å². The molecular weight excluding hydrogens is 492 g/mol. The van der Waals surface area contributed by atoms with Crippen LogP contribution < -0.4 is 4.74 Å². The fourth-order valence-electron chi connectivity index (χ4n) is 5.95. The number of methoxy groups -OCH3 is 1. The quantitative estimate of drug-likeness (QED) is 0.450. The Hall–Kier alpha value is -3.17. The number of hydrogen-bond acceptors (Lipinski definition) is 7. The van der Waals surface area contributed by atoms with Gasteiger partial charge in [-0.15, -0.1) is 5.10 Å². The Morgan fingerprint density at radius 2 is 1.74 bits per heavy atom. The van der Waals surface area contributed by atoms with E-state index in [1.54, 1.807) is 7.11 Å². The van der Waals surface area contributed by atoms with Gasteiger partial charge in [-0.2, -0.15) is 0 Å². The first-order valence-corrected chi connectivity index (χ1v) is 14.1. The summed E-state index contributed by atoms with van der Waals surface area (Å²) in [5.41, 5.74) is 2.78. The maximum absolute atomic E-state index is 12.8. The number of amides is 1. The summed E-state index contributed by atoms with van der Waals surface area (Å²) in [6.07, 6.45) is 2.00. The topological polar surface area (TPSA) is 76.0 Å². The number of carbonyl (C=O) groups excluding carboxylic acids is 1. The van der Waals surface area contributed by atoms with Crippen LogP contribution in [0.5, 0.6) is 5.75 Å². The molecule has 1 unspecified atom stereocenters. The SMILES string of the molecule is COc1ccc(CN2CCC(C(N3CCN(C(=O)OC(C)(C)C)C[C@@H]3C)n3nnc4ccccc43)CC2)cc1. The number of ether oxygens (including phenoxy) is 2. The predicted octanol–water partition coefficient (Wildman–Crippen LogP) is 4.79. The van der Waals surface area contributed by atoms with Crippen molar-refractivity contribution in [2.24, 2.45) is 5.92 Å². The molecule has 2 atom stereocenters. The maximum Gasteiger partial charge on any atom is 0.410 e. The van der Waals surface area contributed by atoms with Crippen molar-refractivity contribution in [1.29, 1.82) is 0 Å². The van der Waals surface area contributed by atoms with Crippen molar-refractivity contribution in [2.45, 2.75) is 64.9 Å². The molecular formula is C30H42N6O3. The largest absolute Gasteiger partial charge is 0.497 e. The fourth-order valence-corrected chi connectivity index (χ4v) is 5.95. The molecule has 2 aliphatic heterocycles. The Morgan fingerprint density at radius 3 is 2.41 bits per heavy atom. The third-order valence-electron chi connectivity index (χ3n) is 7.92. The monoisotopic (exact) mass is 534 g/mol. The van der Waals surface area contributed by atoms with Crippen molar-refractivity contribution in [3.05, 3.63) is 54.1 Å². The third kappa shape index (κ3) is 6.36.